The molecule has 1 aromatic carbocycles. The molecule has 2 rings (SSSR count). The number of carboxylic acids is 1. The highest BCUT2D eigenvalue weighted by atomic mass is 32.2. The van der Waals surface area contributed by atoms with E-state index in [0.29, 0.717) is 12.2 Å². The van der Waals surface area contributed by atoms with Crippen LogP contribution in [0.3, 0.4) is 0 Å². The second kappa shape index (κ2) is 5.39. The first kappa shape index (κ1) is 12.9. The molecule has 1 aliphatic rings. The van der Waals surface area contributed by atoms with Crippen LogP contribution in [0.2, 0.25) is 0 Å². The maximum atomic E-state index is 12.7. The minimum atomic E-state index is -1.02. The summed E-state index contributed by atoms with van der Waals surface area (Å²) in [4.78, 5) is 22.4. The van der Waals surface area contributed by atoms with E-state index >= 15 is 0 Å². The fourth-order valence-corrected chi connectivity index (χ4v) is 2.89. The monoisotopic (exact) mass is 269 g/mol. The van der Waals surface area contributed by atoms with Crippen LogP contribution in [-0.4, -0.2) is 34.0 Å². The number of carbonyl (C=O) groups excluding carboxylic acids is 1. The quantitative estimate of drug-likeness (QED) is 0.861. The predicted octanol–water partition coefficient (Wildman–Crippen LogP) is 1.05. The van der Waals surface area contributed by atoms with Crippen molar-refractivity contribution in [3.8, 4) is 0 Å². The summed E-state index contributed by atoms with van der Waals surface area (Å²) in [7, 11) is 0. The SMILES string of the molecule is O=C1N[C@@H](C(=O)O)CS[C@H]1Cc1ccc(F)cc1. The van der Waals surface area contributed by atoms with Crippen molar-refractivity contribution in [2.24, 2.45) is 0 Å². The first-order chi connectivity index (χ1) is 8.56. The van der Waals surface area contributed by atoms with E-state index in [1.807, 2.05) is 0 Å². The molecule has 1 aromatic rings. The summed E-state index contributed by atoms with van der Waals surface area (Å²) in [5.74, 6) is -1.25. The topological polar surface area (TPSA) is 66.4 Å². The van der Waals surface area contributed by atoms with Gasteiger partial charge in [0.25, 0.3) is 0 Å². The number of benzene rings is 1. The summed E-state index contributed by atoms with van der Waals surface area (Å²) in [6.45, 7) is 0. The molecule has 0 bridgehead atoms. The van der Waals surface area contributed by atoms with Gasteiger partial charge in [-0.15, -0.1) is 11.8 Å². The molecule has 96 valence electrons. The number of carboxylic acid groups (broad SMARTS) is 1. The fourth-order valence-electron chi connectivity index (χ4n) is 1.71. The van der Waals surface area contributed by atoms with E-state index in [-0.39, 0.29) is 17.0 Å². The van der Waals surface area contributed by atoms with Crippen LogP contribution in [0.4, 0.5) is 4.39 Å². The number of carbonyl (C=O) groups is 2. The average Bonchev–Trinajstić information content (AvgIpc) is 2.34. The highest BCUT2D eigenvalue weighted by Crippen LogP contribution is 2.22. The molecule has 0 saturated carbocycles. The first-order valence-corrected chi connectivity index (χ1v) is 6.50. The van der Waals surface area contributed by atoms with Crippen molar-refractivity contribution in [2.45, 2.75) is 17.7 Å². The lowest BCUT2D eigenvalue weighted by molar-refractivity contribution is -0.141. The Balaban J connectivity index is 1.97. The fraction of sp³-hybridized carbons (Fsp3) is 0.333. The number of nitrogens with one attached hydrogen (secondary N) is 1. The summed E-state index contributed by atoms with van der Waals surface area (Å²) in [5.41, 5.74) is 0.859. The number of thioether (sulfide) groups is 1. The van der Waals surface area contributed by atoms with Crippen LogP contribution in [0, 0.1) is 5.82 Å². The molecule has 0 aliphatic carbocycles. The lowest BCUT2D eigenvalue weighted by Crippen LogP contribution is -2.51. The van der Waals surface area contributed by atoms with Crippen LogP contribution >= 0.6 is 11.8 Å². The van der Waals surface area contributed by atoms with Crippen LogP contribution in [0.1, 0.15) is 5.56 Å². The van der Waals surface area contributed by atoms with E-state index in [1.165, 1.54) is 23.9 Å². The molecule has 18 heavy (non-hydrogen) atoms. The number of amides is 1. The van der Waals surface area contributed by atoms with E-state index in [9.17, 15) is 14.0 Å². The lowest BCUT2D eigenvalue weighted by atomic mass is 10.1. The van der Waals surface area contributed by atoms with Crippen molar-refractivity contribution in [1.82, 2.24) is 5.32 Å². The number of hydrogen-bond acceptors (Lipinski definition) is 3. The smallest absolute Gasteiger partial charge is 0.327 e. The van der Waals surface area contributed by atoms with Gasteiger partial charge < -0.3 is 10.4 Å². The molecule has 0 spiro atoms. The van der Waals surface area contributed by atoms with Crippen molar-refractivity contribution >= 4 is 23.6 Å². The standard InChI is InChI=1S/C12H12FNO3S/c13-8-3-1-7(2-4-8)5-10-11(15)14-9(6-18-10)12(16)17/h1-4,9-10H,5-6H2,(H,14,15)(H,16,17)/t9-,10+/m1/s1. The van der Waals surface area contributed by atoms with Gasteiger partial charge in [-0.25, -0.2) is 9.18 Å². The van der Waals surface area contributed by atoms with Gasteiger partial charge in [0.15, 0.2) is 0 Å². The van der Waals surface area contributed by atoms with Crippen molar-refractivity contribution in [3.63, 3.8) is 0 Å². The first-order valence-electron chi connectivity index (χ1n) is 5.45. The summed E-state index contributed by atoms with van der Waals surface area (Å²) in [5, 5.41) is 10.9. The van der Waals surface area contributed by atoms with E-state index in [1.54, 1.807) is 12.1 Å². The third-order valence-corrected chi connectivity index (χ3v) is 4.01. The molecule has 1 heterocycles. The molecule has 0 unspecified atom stereocenters. The number of hydrogen-bond donors (Lipinski definition) is 2. The summed E-state index contributed by atoms with van der Waals surface area (Å²) in [6, 6.07) is 5.15. The Kier molecular flexibility index (Phi) is 3.86. The Bertz CT molecular complexity index is 463. The largest absolute Gasteiger partial charge is 0.480 e. The van der Waals surface area contributed by atoms with Crippen LogP contribution in [0.15, 0.2) is 24.3 Å². The van der Waals surface area contributed by atoms with Gasteiger partial charge in [-0.1, -0.05) is 12.1 Å². The van der Waals surface area contributed by atoms with Crippen LogP contribution < -0.4 is 5.32 Å². The Morgan fingerprint density at radius 3 is 2.67 bits per heavy atom. The van der Waals surface area contributed by atoms with E-state index in [4.69, 9.17) is 5.11 Å². The van der Waals surface area contributed by atoms with Gasteiger partial charge in [0.05, 0.1) is 5.25 Å². The molecule has 1 fully saturated rings. The maximum absolute atomic E-state index is 12.7. The van der Waals surface area contributed by atoms with Gasteiger partial charge in [0.1, 0.15) is 11.9 Å². The van der Waals surface area contributed by atoms with E-state index in [0.717, 1.165) is 5.56 Å². The van der Waals surface area contributed by atoms with Crippen LogP contribution in [0.5, 0.6) is 0 Å². The Hall–Kier alpha value is -1.56. The second-order valence-corrected chi connectivity index (χ2v) is 5.29. The van der Waals surface area contributed by atoms with Crippen LogP contribution in [-0.2, 0) is 16.0 Å². The molecule has 2 N–H and O–H groups in total. The molecule has 0 aromatic heterocycles. The summed E-state index contributed by atoms with van der Waals surface area (Å²) in [6.07, 6.45) is 0.475. The van der Waals surface area contributed by atoms with E-state index < -0.39 is 12.0 Å². The van der Waals surface area contributed by atoms with Gasteiger partial charge in [-0.3, -0.25) is 4.79 Å². The highest BCUT2D eigenvalue weighted by molar-refractivity contribution is 8.00. The molecule has 2 atom stereocenters. The van der Waals surface area contributed by atoms with E-state index in [2.05, 4.69) is 5.32 Å². The third kappa shape index (κ3) is 3.01. The van der Waals surface area contributed by atoms with Gasteiger partial charge >= 0.3 is 5.97 Å². The zero-order chi connectivity index (χ0) is 13.1. The Morgan fingerprint density at radius 1 is 1.44 bits per heavy atom. The van der Waals surface area contributed by atoms with Gasteiger partial charge in [-0.2, -0.15) is 0 Å². The zero-order valence-electron chi connectivity index (χ0n) is 9.43. The molecule has 4 nitrogen and oxygen atoms in total. The second-order valence-electron chi connectivity index (χ2n) is 4.05. The molecular weight excluding hydrogens is 257 g/mol. The summed E-state index contributed by atoms with van der Waals surface area (Å²) < 4.78 is 12.7. The minimum absolute atomic E-state index is 0.275. The number of aliphatic carboxylic acids is 1. The molecule has 1 aliphatic heterocycles. The molecule has 1 amide bonds. The predicted molar refractivity (Wildman–Crippen MR) is 65.9 cm³/mol. The number of rotatable bonds is 3. The zero-order valence-corrected chi connectivity index (χ0v) is 10.2. The average molecular weight is 269 g/mol. The summed E-state index contributed by atoms with van der Waals surface area (Å²) >= 11 is 1.32. The maximum Gasteiger partial charge on any atom is 0.327 e. The Morgan fingerprint density at radius 2 is 2.11 bits per heavy atom. The van der Waals surface area contributed by atoms with Gasteiger partial charge in [0, 0.05) is 5.75 Å². The van der Waals surface area contributed by atoms with Crippen molar-refractivity contribution in [2.75, 3.05) is 5.75 Å². The van der Waals surface area contributed by atoms with Crippen LogP contribution in [0.25, 0.3) is 0 Å². The van der Waals surface area contributed by atoms with Gasteiger partial charge in [0.2, 0.25) is 5.91 Å². The highest BCUT2D eigenvalue weighted by Gasteiger charge is 2.32. The molecule has 0 radical (unpaired) electrons. The normalized spacial score (nSPS) is 23.5. The van der Waals surface area contributed by atoms with Crippen molar-refractivity contribution < 1.29 is 19.1 Å². The molecule has 6 heteroatoms. The number of halogens is 1. The van der Waals surface area contributed by atoms with Gasteiger partial charge in [-0.05, 0) is 24.1 Å². The van der Waals surface area contributed by atoms with Crippen molar-refractivity contribution in [1.29, 1.82) is 0 Å². The molecular formula is C12H12FNO3S. The molecule has 1 saturated heterocycles. The minimum Gasteiger partial charge on any atom is -0.480 e. The Labute approximate surface area is 108 Å². The van der Waals surface area contributed by atoms with Crippen molar-refractivity contribution in [3.05, 3.63) is 35.6 Å². The third-order valence-electron chi connectivity index (χ3n) is 2.71. The lowest BCUT2D eigenvalue weighted by Gasteiger charge is -2.26.